The van der Waals surface area contributed by atoms with E-state index in [2.05, 4.69) is 12.2 Å². The first-order chi connectivity index (χ1) is 8.97. The number of nitrogens with one attached hydrogen (secondary N) is 1. The molecule has 2 rings (SSSR count). The van der Waals surface area contributed by atoms with Crippen molar-refractivity contribution in [2.75, 3.05) is 0 Å². The first-order valence-corrected chi connectivity index (χ1v) is 6.56. The Kier molecular flexibility index (Phi) is 4.05. The third kappa shape index (κ3) is 3.24. The molecule has 0 aliphatic rings. The van der Waals surface area contributed by atoms with Crippen LogP contribution < -0.4 is 5.32 Å². The molecule has 0 radical (unpaired) electrons. The van der Waals surface area contributed by atoms with Crippen molar-refractivity contribution in [2.24, 2.45) is 0 Å². The van der Waals surface area contributed by atoms with Gasteiger partial charge in [0.15, 0.2) is 0 Å². The number of benzene rings is 1. The average Bonchev–Trinajstić information content (AvgIpc) is 2.68. The molecule has 2 nitrogen and oxygen atoms in total. The van der Waals surface area contributed by atoms with Crippen molar-refractivity contribution in [2.45, 2.75) is 39.8 Å². The maximum atomic E-state index is 13.2. The number of furan rings is 1. The number of rotatable bonds is 4. The van der Waals surface area contributed by atoms with Gasteiger partial charge >= 0.3 is 0 Å². The minimum Gasteiger partial charge on any atom is -0.466 e. The quantitative estimate of drug-likeness (QED) is 0.879. The van der Waals surface area contributed by atoms with Crippen LogP contribution in [0.3, 0.4) is 0 Å². The fourth-order valence-electron chi connectivity index (χ4n) is 2.42. The Balaban J connectivity index is 2.10. The molecule has 1 aromatic carbocycles. The van der Waals surface area contributed by atoms with Gasteiger partial charge in [0, 0.05) is 17.6 Å². The van der Waals surface area contributed by atoms with Gasteiger partial charge in [0.2, 0.25) is 0 Å². The summed E-state index contributed by atoms with van der Waals surface area (Å²) in [6.07, 6.45) is 0. The van der Waals surface area contributed by atoms with E-state index >= 15 is 0 Å². The molecule has 1 aromatic heterocycles. The van der Waals surface area contributed by atoms with E-state index < -0.39 is 0 Å². The second kappa shape index (κ2) is 5.57. The van der Waals surface area contributed by atoms with Crippen LogP contribution in [0.5, 0.6) is 0 Å². The summed E-state index contributed by atoms with van der Waals surface area (Å²) < 4.78 is 18.8. The number of halogens is 1. The number of aryl methyl sites for hydroxylation is 2. The predicted molar refractivity (Wildman–Crippen MR) is 74.5 cm³/mol. The molecule has 0 bridgehead atoms. The van der Waals surface area contributed by atoms with Crippen molar-refractivity contribution in [3.8, 4) is 0 Å². The van der Waals surface area contributed by atoms with Gasteiger partial charge in [0.1, 0.15) is 17.3 Å². The number of hydrogen-bond donors (Lipinski definition) is 1. The van der Waals surface area contributed by atoms with Gasteiger partial charge in [-0.05, 0) is 51.5 Å². The molecule has 0 saturated carbocycles. The Labute approximate surface area is 113 Å². The molecule has 2 atom stereocenters. The summed E-state index contributed by atoms with van der Waals surface area (Å²) in [5.74, 6) is 1.65. The predicted octanol–water partition coefficient (Wildman–Crippen LogP) is 4.45. The second-order valence-corrected chi connectivity index (χ2v) is 5.03. The van der Waals surface area contributed by atoms with Gasteiger partial charge in [0.05, 0.1) is 0 Å². The Morgan fingerprint density at radius 2 is 1.84 bits per heavy atom. The van der Waals surface area contributed by atoms with E-state index in [1.165, 1.54) is 6.07 Å². The maximum absolute atomic E-state index is 13.2. The molecule has 2 aromatic rings. The van der Waals surface area contributed by atoms with E-state index in [0.29, 0.717) is 0 Å². The second-order valence-electron chi connectivity index (χ2n) is 5.03. The standard InChI is InChI=1S/C16H20FNO/c1-10-8-16(13(4)19-10)12(3)18-11(2)14-6-5-7-15(17)9-14/h5-9,11-12,18H,1-4H3/t11-,12?/m0/s1. The van der Waals surface area contributed by atoms with Crippen LogP contribution in [0.25, 0.3) is 0 Å². The van der Waals surface area contributed by atoms with Crippen molar-refractivity contribution in [1.29, 1.82) is 0 Å². The molecule has 19 heavy (non-hydrogen) atoms. The summed E-state index contributed by atoms with van der Waals surface area (Å²) in [4.78, 5) is 0. The first kappa shape index (κ1) is 13.8. The molecule has 1 unspecified atom stereocenters. The molecular weight excluding hydrogens is 241 g/mol. The van der Waals surface area contributed by atoms with Crippen LogP contribution in [0.15, 0.2) is 34.7 Å². The Bertz CT molecular complexity index is 562. The average molecular weight is 261 g/mol. The van der Waals surface area contributed by atoms with Crippen LogP contribution in [-0.4, -0.2) is 0 Å². The van der Waals surface area contributed by atoms with Crippen molar-refractivity contribution >= 4 is 0 Å². The van der Waals surface area contributed by atoms with E-state index in [-0.39, 0.29) is 17.9 Å². The highest BCUT2D eigenvalue weighted by Gasteiger charge is 2.15. The molecule has 1 N–H and O–H groups in total. The lowest BCUT2D eigenvalue weighted by atomic mass is 10.0. The van der Waals surface area contributed by atoms with Crippen molar-refractivity contribution in [3.05, 3.63) is 58.8 Å². The highest BCUT2D eigenvalue weighted by molar-refractivity contribution is 5.25. The highest BCUT2D eigenvalue weighted by Crippen LogP contribution is 2.24. The van der Waals surface area contributed by atoms with E-state index in [1.54, 1.807) is 12.1 Å². The minimum atomic E-state index is -0.200. The van der Waals surface area contributed by atoms with Gasteiger partial charge < -0.3 is 9.73 Å². The summed E-state index contributed by atoms with van der Waals surface area (Å²) >= 11 is 0. The third-order valence-corrected chi connectivity index (χ3v) is 3.39. The van der Waals surface area contributed by atoms with Gasteiger partial charge in [-0.25, -0.2) is 4.39 Å². The van der Waals surface area contributed by atoms with Crippen molar-refractivity contribution in [3.63, 3.8) is 0 Å². The summed E-state index contributed by atoms with van der Waals surface area (Å²) in [5, 5.41) is 3.47. The summed E-state index contributed by atoms with van der Waals surface area (Å²) in [6.45, 7) is 8.03. The zero-order valence-electron chi connectivity index (χ0n) is 11.8. The summed E-state index contributed by atoms with van der Waals surface area (Å²) in [6, 6.07) is 8.99. The van der Waals surface area contributed by atoms with Crippen molar-refractivity contribution < 1.29 is 8.81 Å². The lowest BCUT2D eigenvalue weighted by Crippen LogP contribution is -2.22. The Morgan fingerprint density at radius 3 is 2.42 bits per heavy atom. The van der Waals surface area contributed by atoms with E-state index in [1.807, 2.05) is 32.9 Å². The van der Waals surface area contributed by atoms with Gasteiger partial charge in [-0.15, -0.1) is 0 Å². The van der Waals surface area contributed by atoms with Crippen LogP contribution in [0, 0.1) is 19.7 Å². The Morgan fingerprint density at radius 1 is 1.11 bits per heavy atom. The maximum Gasteiger partial charge on any atom is 0.123 e. The van der Waals surface area contributed by atoms with E-state index in [9.17, 15) is 4.39 Å². The summed E-state index contributed by atoms with van der Waals surface area (Å²) in [7, 11) is 0. The lowest BCUT2D eigenvalue weighted by Gasteiger charge is -2.20. The minimum absolute atomic E-state index is 0.0836. The largest absolute Gasteiger partial charge is 0.466 e. The molecule has 0 fully saturated rings. The van der Waals surface area contributed by atoms with Gasteiger partial charge in [0.25, 0.3) is 0 Å². The lowest BCUT2D eigenvalue weighted by molar-refractivity contribution is 0.467. The first-order valence-electron chi connectivity index (χ1n) is 6.56. The number of hydrogen-bond acceptors (Lipinski definition) is 2. The van der Waals surface area contributed by atoms with Gasteiger partial charge in [-0.3, -0.25) is 0 Å². The Hall–Kier alpha value is -1.61. The molecule has 0 amide bonds. The zero-order chi connectivity index (χ0) is 14.0. The van der Waals surface area contributed by atoms with Crippen LogP contribution in [0.4, 0.5) is 4.39 Å². The topological polar surface area (TPSA) is 25.2 Å². The molecule has 0 spiro atoms. The van der Waals surface area contributed by atoms with Crippen molar-refractivity contribution in [1.82, 2.24) is 5.32 Å². The normalized spacial score (nSPS) is 14.4. The molecule has 1 heterocycles. The van der Waals surface area contributed by atoms with Crippen LogP contribution >= 0.6 is 0 Å². The van der Waals surface area contributed by atoms with Gasteiger partial charge in [-0.2, -0.15) is 0 Å². The smallest absolute Gasteiger partial charge is 0.123 e. The third-order valence-electron chi connectivity index (χ3n) is 3.39. The van der Waals surface area contributed by atoms with E-state index in [0.717, 1.165) is 22.6 Å². The van der Waals surface area contributed by atoms with Crippen LogP contribution in [-0.2, 0) is 0 Å². The molecule has 0 aliphatic heterocycles. The molecule has 0 saturated heterocycles. The van der Waals surface area contributed by atoms with Gasteiger partial charge in [-0.1, -0.05) is 12.1 Å². The molecule has 3 heteroatoms. The zero-order valence-corrected chi connectivity index (χ0v) is 11.8. The molecule has 0 aliphatic carbocycles. The fraction of sp³-hybridized carbons (Fsp3) is 0.375. The van der Waals surface area contributed by atoms with Crippen LogP contribution in [0.1, 0.15) is 48.6 Å². The van der Waals surface area contributed by atoms with Crippen LogP contribution in [0.2, 0.25) is 0 Å². The highest BCUT2D eigenvalue weighted by atomic mass is 19.1. The fourth-order valence-corrected chi connectivity index (χ4v) is 2.42. The monoisotopic (exact) mass is 261 g/mol. The SMILES string of the molecule is Cc1cc(C(C)N[C@@H](C)c2cccc(F)c2)c(C)o1. The van der Waals surface area contributed by atoms with E-state index in [4.69, 9.17) is 4.42 Å². The molecule has 102 valence electrons. The molecular formula is C16H20FNO. The summed E-state index contributed by atoms with van der Waals surface area (Å²) in [5.41, 5.74) is 2.10.